The number of rotatable bonds is 1. The molecule has 3 nitrogen and oxygen atoms in total. The summed E-state index contributed by atoms with van der Waals surface area (Å²) in [4.78, 5) is 10.4. The third-order valence-electron chi connectivity index (χ3n) is 2.03. The molecule has 0 N–H and O–H groups in total. The van der Waals surface area contributed by atoms with Crippen LogP contribution in [-0.4, -0.2) is 4.92 Å². The highest BCUT2D eigenvalue weighted by Crippen LogP contribution is 2.37. The first-order chi connectivity index (χ1) is 6.61. The molecule has 0 fully saturated rings. The fourth-order valence-electron chi connectivity index (χ4n) is 1.38. The highest BCUT2D eigenvalue weighted by molar-refractivity contribution is 9.10. The van der Waals surface area contributed by atoms with Gasteiger partial charge in [-0.1, -0.05) is 15.9 Å². The molecule has 0 unspecified atom stereocenters. The van der Waals surface area contributed by atoms with Crippen molar-refractivity contribution in [2.24, 2.45) is 0 Å². The highest BCUT2D eigenvalue weighted by Gasteiger charge is 2.16. The van der Waals surface area contributed by atoms with E-state index < -0.39 is 0 Å². The molecule has 14 heavy (non-hydrogen) atoms. The summed E-state index contributed by atoms with van der Waals surface area (Å²) in [6.45, 7) is 1.95. The summed E-state index contributed by atoms with van der Waals surface area (Å²) in [5, 5.41) is 13.6. The molecule has 1 heterocycles. The van der Waals surface area contributed by atoms with Crippen molar-refractivity contribution in [1.29, 1.82) is 0 Å². The molecule has 0 atom stereocenters. The van der Waals surface area contributed by atoms with Gasteiger partial charge in [0.2, 0.25) is 0 Å². The average Bonchev–Trinajstić information content (AvgIpc) is 2.49. The first-order valence-corrected chi connectivity index (χ1v) is 5.59. The molecule has 0 radical (unpaired) electrons. The van der Waals surface area contributed by atoms with Crippen LogP contribution in [0.2, 0.25) is 0 Å². The van der Waals surface area contributed by atoms with Crippen LogP contribution in [0, 0.1) is 17.0 Å². The molecular weight excluding hydrogens is 266 g/mol. The maximum atomic E-state index is 10.7. The largest absolute Gasteiger partial charge is 0.287 e. The van der Waals surface area contributed by atoms with Crippen molar-refractivity contribution in [1.82, 2.24) is 0 Å². The summed E-state index contributed by atoms with van der Waals surface area (Å²) in [6.07, 6.45) is 0. The third-order valence-corrected chi connectivity index (χ3v) is 3.81. The Morgan fingerprint density at radius 3 is 2.86 bits per heavy atom. The Balaban J connectivity index is 2.90. The number of non-ortho nitro benzene ring substituents is 1. The Kier molecular flexibility index (Phi) is 2.28. The second-order valence-electron chi connectivity index (χ2n) is 2.95. The predicted molar refractivity (Wildman–Crippen MR) is 60.9 cm³/mol. The Hall–Kier alpha value is -0.940. The van der Waals surface area contributed by atoms with Crippen molar-refractivity contribution in [2.45, 2.75) is 6.92 Å². The van der Waals surface area contributed by atoms with Crippen LogP contribution in [0.3, 0.4) is 0 Å². The smallest absolute Gasteiger partial charge is 0.258 e. The van der Waals surface area contributed by atoms with Gasteiger partial charge < -0.3 is 0 Å². The van der Waals surface area contributed by atoms with Gasteiger partial charge >= 0.3 is 0 Å². The van der Waals surface area contributed by atoms with Gasteiger partial charge in [-0.3, -0.25) is 10.1 Å². The number of halogens is 1. The minimum absolute atomic E-state index is 0.182. The average molecular weight is 272 g/mol. The van der Waals surface area contributed by atoms with Gasteiger partial charge in [-0.25, -0.2) is 0 Å². The lowest BCUT2D eigenvalue weighted by Crippen LogP contribution is -1.87. The van der Waals surface area contributed by atoms with Crippen LogP contribution >= 0.6 is 27.3 Å². The Morgan fingerprint density at radius 2 is 2.21 bits per heavy atom. The number of benzene rings is 1. The summed E-state index contributed by atoms with van der Waals surface area (Å²) in [7, 11) is 0. The van der Waals surface area contributed by atoms with Crippen molar-refractivity contribution >= 4 is 43.0 Å². The van der Waals surface area contributed by atoms with Crippen molar-refractivity contribution in [3.05, 3.63) is 37.7 Å². The molecule has 0 saturated carbocycles. The van der Waals surface area contributed by atoms with E-state index in [1.165, 1.54) is 17.4 Å². The summed E-state index contributed by atoms with van der Waals surface area (Å²) < 4.78 is 1.65. The zero-order valence-electron chi connectivity index (χ0n) is 7.28. The summed E-state index contributed by atoms with van der Waals surface area (Å²) in [5.41, 5.74) is 1.25. The molecule has 5 heteroatoms. The first kappa shape index (κ1) is 9.61. The second-order valence-corrected chi connectivity index (χ2v) is 4.68. The zero-order chi connectivity index (χ0) is 10.3. The van der Waals surface area contributed by atoms with Crippen LogP contribution in [0.5, 0.6) is 0 Å². The van der Waals surface area contributed by atoms with E-state index in [0.717, 1.165) is 20.1 Å². The van der Waals surface area contributed by atoms with Crippen LogP contribution in [0.1, 0.15) is 5.56 Å². The number of nitro benzene ring substituents is 1. The van der Waals surface area contributed by atoms with Crippen molar-refractivity contribution in [2.75, 3.05) is 0 Å². The minimum Gasteiger partial charge on any atom is -0.258 e. The predicted octanol–water partition coefficient (Wildman–Crippen LogP) is 3.88. The lowest BCUT2D eigenvalue weighted by molar-refractivity contribution is -0.382. The van der Waals surface area contributed by atoms with Crippen molar-refractivity contribution in [3.8, 4) is 0 Å². The lowest BCUT2D eigenvalue weighted by Gasteiger charge is -1.97. The van der Waals surface area contributed by atoms with E-state index in [2.05, 4.69) is 15.9 Å². The minimum atomic E-state index is -0.343. The van der Waals surface area contributed by atoms with Crippen LogP contribution in [0.25, 0.3) is 10.1 Å². The third kappa shape index (κ3) is 1.33. The van der Waals surface area contributed by atoms with E-state index >= 15 is 0 Å². The molecule has 0 bridgehead atoms. The number of aryl methyl sites for hydroxylation is 1. The van der Waals surface area contributed by atoms with Crippen molar-refractivity contribution < 1.29 is 4.92 Å². The van der Waals surface area contributed by atoms with Gasteiger partial charge in [0, 0.05) is 15.9 Å². The van der Waals surface area contributed by atoms with Gasteiger partial charge in [0.25, 0.3) is 5.69 Å². The van der Waals surface area contributed by atoms with Gasteiger partial charge in [0.1, 0.15) is 4.70 Å². The quantitative estimate of drug-likeness (QED) is 0.584. The Bertz CT molecular complexity index is 521. The monoisotopic (exact) mass is 271 g/mol. The maximum absolute atomic E-state index is 10.7. The Morgan fingerprint density at radius 1 is 1.50 bits per heavy atom. The van der Waals surface area contributed by atoms with E-state index in [-0.39, 0.29) is 10.6 Å². The number of nitro groups is 1. The van der Waals surface area contributed by atoms with Gasteiger partial charge in [0.05, 0.1) is 4.92 Å². The summed E-state index contributed by atoms with van der Waals surface area (Å²) in [6, 6.07) is 3.25. The van der Waals surface area contributed by atoms with Crippen LogP contribution in [-0.2, 0) is 0 Å². The van der Waals surface area contributed by atoms with Gasteiger partial charge in [0.15, 0.2) is 0 Å². The fourth-order valence-corrected chi connectivity index (χ4v) is 3.22. The molecule has 0 aliphatic rings. The SMILES string of the molecule is Cc1csc2c([N+](=O)[O-])ccc(Br)c12. The number of thiophene rings is 1. The fraction of sp³-hybridized carbons (Fsp3) is 0.111. The number of fused-ring (bicyclic) bond motifs is 1. The summed E-state index contributed by atoms with van der Waals surface area (Å²) >= 11 is 4.81. The molecule has 2 rings (SSSR count). The lowest BCUT2D eigenvalue weighted by atomic mass is 10.2. The van der Waals surface area contributed by atoms with Crippen LogP contribution < -0.4 is 0 Å². The molecule has 0 saturated heterocycles. The number of nitrogens with zero attached hydrogens (tertiary/aromatic N) is 1. The molecule has 1 aromatic carbocycles. The molecule has 2 aromatic rings. The highest BCUT2D eigenvalue weighted by atomic mass is 79.9. The number of hydrogen-bond acceptors (Lipinski definition) is 3. The molecular formula is C9H6BrNO2S. The van der Waals surface area contributed by atoms with E-state index in [1.807, 2.05) is 12.3 Å². The van der Waals surface area contributed by atoms with Crippen molar-refractivity contribution in [3.63, 3.8) is 0 Å². The topological polar surface area (TPSA) is 43.1 Å². The van der Waals surface area contributed by atoms with Gasteiger partial charge in [-0.2, -0.15) is 0 Å². The second kappa shape index (κ2) is 3.33. The molecule has 1 aromatic heterocycles. The zero-order valence-corrected chi connectivity index (χ0v) is 9.68. The van der Waals surface area contributed by atoms with E-state index in [0.29, 0.717) is 0 Å². The molecule has 0 amide bonds. The van der Waals surface area contributed by atoms with Gasteiger partial charge in [-0.05, 0) is 23.9 Å². The van der Waals surface area contributed by atoms with Gasteiger partial charge in [-0.15, -0.1) is 11.3 Å². The van der Waals surface area contributed by atoms with Crippen LogP contribution in [0.4, 0.5) is 5.69 Å². The van der Waals surface area contributed by atoms with E-state index in [4.69, 9.17) is 0 Å². The van der Waals surface area contributed by atoms with E-state index in [9.17, 15) is 10.1 Å². The molecule has 0 aliphatic carbocycles. The molecule has 0 aliphatic heterocycles. The molecule has 0 spiro atoms. The number of hydrogen-bond donors (Lipinski definition) is 0. The van der Waals surface area contributed by atoms with Crippen LogP contribution in [0.15, 0.2) is 22.0 Å². The van der Waals surface area contributed by atoms with E-state index in [1.54, 1.807) is 6.07 Å². The standard InChI is InChI=1S/C9H6BrNO2S/c1-5-4-14-9-7(11(12)13)3-2-6(10)8(5)9/h2-4H,1H3. The maximum Gasteiger partial charge on any atom is 0.287 e. The normalized spacial score (nSPS) is 10.7. The summed E-state index contributed by atoms with van der Waals surface area (Å²) in [5.74, 6) is 0. The Labute approximate surface area is 92.6 Å². The first-order valence-electron chi connectivity index (χ1n) is 3.92. The molecule has 72 valence electrons.